The molecule has 0 bridgehead atoms. The summed E-state index contributed by atoms with van der Waals surface area (Å²) >= 11 is 0. The van der Waals surface area contributed by atoms with Crippen LogP contribution in [0.5, 0.6) is 0 Å². The lowest BCUT2D eigenvalue weighted by molar-refractivity contribution is -0.136. The van der Waals surface area contributed by atoms with E-state index in [4.69, 9.17) is 4.74 Å². The Morgan fingerprint density at radius 1 is 1.48 bits per heavy atom. The lowest BCUT2D eigenvalue weighted by Gasteiger charge is -2.25. The molecule has 3 rings (SSSR count). The van der Waals surface area contributed by atoms with E-state index in [2.05, 4.69) is 15.4 Å². The molecule has 1 atom stereocenters. The molecule has 2 aromatic heterocycles. The number of likely N-dealkylation sites (tertiary alicyclic amines) is 1. The Bertz CT molecular complexity index is 742. The van der Waals surface area contributed by atoms with Crippen LogP contribution in [0.25, 0.3) is 5.65 Å². The van der Waals surface area contributed by atoms with Gasteiger partial charge in [-0.15, -0.1) is 0 Å². The maximum Gasteiger partial charge on any atom is 0.256 e. The van der Waals surface area contributed by atoms with Crippen molar-refractivity contribution in [3.05, 3.63) is 29.7 Å². The number of nitrogens with zero attached hydrogens (tertiary/aromatic N) is 4. The summed E-state index contributed by atoms with van der Waals surface area (Å²) < 4.78 is 6.61. The smallest absolute Gasteiger partial charge is 0.256 e. The third kappa shape index (κ3) is 2.65. The van der Waals surface area contributed by atoms with Crippen molar-refractivity contribution in [1.29, 1.82) is 0 Å². The molecular formula is C15H19N5O3. The number of methoxy groups -OCH3 is 1. The number of amides is 2. The molecule has 1 saturated heterocycles. The van der Waals surface area contributed by atoms with Crippen LogP contribution in [0, 0.1) is 0 Å². The topological polar surface area (TPSA) is 88.8 Å². The van der Waals surface area contributed by atoms with Crippen LogP contribution in [0.2, 0.25) is 0 Å². The average molecular weight is 317 g/mol. The fourth-order valence-corrected chi connectivity index (χ4v) is 3.04. The summed E-state index contributed by atoms with van der Waals surface area (Å²) in [4.78, 5) is 30.2. The van der Waals surface area contributed by atoms with Gasteiger partial charge in [0.2, 0.25) is 5.91 Å². The van der Waals surface area contributed by atoms with Crippen LogP contribution >= 0.6 is 0 Å². The van der Waals surface area contributed by atoms with E-state index in [-0.39, 0.29) is 24.5 Å². The van der Waals surface area contributed by atoms with Gasteiger partial charge in [-0.1, -0.05) is 0 Å². The van der Waals surface area contributed by atoms with Crippen molar-refractivity contribution in [3.8, 4) is 0 Å². The molecule has 0 aliphatic carbocycles. The normalized spacial score (nSPS) is 17.7. The Kier molecular flexibility index (Phi) is 4.24. The van der Waals surface area contributed by atoms with Crippen LogP contribution in [-0.2, 0) is 9.53 Å². The molecule has 0 spiro atoms. The second-order valence-electron chi connectivity index (χ2n) is 5.42. The van der Waals surface area contributed by atoms with Crippen molar-refractivity contribution in [2.45, 2.75) is 18.9 Å². The largest absolute Gasteiger partial charge is 0.375 e. The van der Waals surface area contributed by atoms with E-state index in [9.17, 15) is 9.59 Å². The van der Waals surface area contributed by atoms with Gasteiger partial charge < -0.3 is 15.0 Å². The predicted molar refractivity (Wildman–Crippen MR) is 81.9 cm³/mol. The van der Waals surface area contributed by atoms with Crippen molar-refractivity contribution >= 4 is 17.5 Å². The number of nitrogens with one attached hydrogen (secondary N) is 1. The van der Waals surface area contributed by atoms with E-state index in [1.54, 1.807) is 22.7 Å². The van der Waals surface area contributed by atoms with Crippen molar-refractivity contribution in [3.63, 3.8) is 0 Å². The summed E-state index contributed by atoms with van der Waals surface area (Å²) in [6, 6.07) is 1.76. The molecule has 1 unspecified atom stereocenters. The molecule has 2 amide bonds. The van der Waals surface area contributed by atoms with Gasteiger partial charge in [-0.2, -0.15) is 5.10 Å². The van der Waals surface area contributed by atoms with Gasteiger partial charge in [-0.3, -0.25) is 9.59 Å². The molecule has 1 fully saturated rings. The zero-order chi connectivity index (χ0) is 16.4. The molecule has 3 heterocycles. The Hall–Kier alpha value is -2.48. The zero-order valence-electron chi connectivity index (χ0n) is 13.2. The first-order chi connectivity index (χ1) is 11.2. The third-order valence-electron chi connectivity index (χ3n) is 4.08. The van der Waals surface area contributed by atoms with E-state index in [0.717, 1.165) is 18.5 Å². The first kappa shape index (κ1) is 15.4. The van der Waals surface area contributed by atoms with Gasteiger partial charge in [0.15, 0.2) is 5.65 Å². The fraction of sp³-hybridized carbons (Fsp3) is 0.467. The monoisotopic (exact) mass is 317 g/mol. The van der Waals surface area contributed by atoms with Crippen molar-refractivity contribution < 1.29 is 14.3 Å². The molecule has 0 aromatic carbocycles. The highest BCUT2D eigenvalue weighted by molar-refractivity contribution is 5.99. The van der Waals surface area contributed by atoms with Crippen molar-refractivity contribution in [2.24, 2.45) is 0 Å². The summed E-state index contributed by atoms with van der Waals surface area (Å²) in [6.45, 7) is 0.758. The van der Waals surface area contributed by atoms with Crippen LogP contribution < -0.4 is 5.32 Å². The number of carbonyl (C=O) groups excluding carboxylic acids is 2. The maximum atomic E-state index is 12.2. The Balaban J connectivity index is 2.01. The molecule has 23 heavy (non-hydrogen) atoms. The maximum absolute atomic E-state index is 12.2. The number of ether oxygens (including phenoxy) is 1. The van der Waals surface area contributed by atoms with Gasteiger partial charge in [-0.25, -0.2) is 9.50 Å². The van der Waals surface area contributed by atoms with Crippen LogP contribution in [0.1, 0.15) is 34.9 Å². The lowest BCUT2D eigenvalue weighted by Crippen LogP contribution is -2.34. The highest BCUT2D eigenvalue weighted by Crippen LogP contribution is 2.32. The van der Waals surface area contributed by atoms with Gasteiger partial charge in [-0.05, 0) is 18.9 Å². The molecular weight excluding hydrogens is 298 g/mol. The predicted octanol–water partition coefficient (Wildman–Crippen LogP) is 0.399. The van der Waals surface area contributed by atoms with Gasteiger partial charge in [0.1, 0.15) is 12.2 Å². The molecule has 1 aliphatic heterocycles. The minimum atomic E-state index is -0.233. The molecule has 1 N–H and O–H groups in total. The van der Waals surface area contributed by atoms with Gasteiger partial charge in [0.05, 0.1) is 17.9 Å². The zero-order valence-corrected chi connectivity index (χ0v) is 13.2. The first-order valence-corrected chi connectivity index (χ1v) is 7.50. The van der Waals surface area contributed by atoms with E-state index < -0.39 is 0 Å². The summed E-state index contributed by atoms with van der Waals surface area (Å²) in [5.74, 6) is -0.276. The minimum Gasteiger partial charge on any atom is -0.375 e. The molecule has 8 heteroatoms. The second-order valence-corrected chi connectivity index (χ2v) is 5.42. The number of aromatic nitrogens is 3. The highest BCUT2D eigenvalue weighted by atomic mass is 16.5. The van der Waals surface area contributed by atoms with Crippen LogP contribution in [-0.4, -0.2) is 58.6 Å². The second kappa shape index (κ2) is 6.33. The molecule has 1 aliphatic rings. The minimum absolute atomic E-state index is 0.0429. The van der Waals surface area contributed by atoms with E-state index >= 15 is 0 Å². The number of carbonyl (C=O) groups is 2. The summed E-state index contributed by atoms with van der Waals surface area (Å²) in [5, 5.41) is 6.88. The van der Waals surface area contributed by atoms with E-state index in [0.29, 0.717) is 17.8 Å². The average Bonchev–Trinajstić information content (AvgIpc) is 3.20. The van der Waals surface area contributed by atoms with E-state index in [1.165, 1.54) is 13.3 Å². The van der Waals surface area contributed by atoms with E-state index in [1.807, 2.05) is 6.07 Å². The van der Waals surface area contributed by atoms with Gasteiger partial charge in [0, 0.05) is 26.9 Å². The molecule has 122 valence electrons. The highest BCUT2D eigenvalue weighted by Gasteiger charge is 2.32. The lowest BCUT2D eigenvalue weighted by atomic mass is 10.1. The van der Waals surface area contributed by atoms with Crippen LogP contribution in [0.3, 0.4) is 0 Å². The molecule has 8 nitrogen and oxygen atoms in total. The first-order valence-electron chi connectivity index (χ1n) is 7.50. The number of hydrogen-bond acceptors (Lipinski definition) is 5. The Morgan fingerprint density at radius 3 is 3.04 bits per heavy atom. The van der Waals surface area contributed by atoms with Crippen molar-refractivity contribution in [2.75, 3.05) is 27.3 Å². The Labute approximate surface area is 133 Å². The molecule has 2 aromatic rings. The molecule has 0 radical (unpaired) electrons. The summed E-state index contributed by atoms with van der Waals surface area (Å²) in [5.41, 5.74) is 1.77. The quantitative estimate of drug-likeness (QED) is 0.881. The van der Waals surface area contributed by atoms with Crippen LogP contribution in [0.4, 0.5) is 0 Å². The Morgan fingerprint density at radius 2 is 2.30 bits per heavy atom. The summed E-state index contributed by atoms with van der Waals surface area (Å²) in [7, 11) is 3.08. The SMILES string of the molecule is CNC(=O)c1cnn2c(C3CCCN3C(=O)COC)ccnc12. The van der Waals surface area contributed by atoms with Gasteiger partial charge in [0.25, 0.3) is 5.91 Å². The third-order valence-corrected chi connectivity index (χ3v) is 4.08. The molecule has 0 saturated carbocycles. The van der Waals surface area contributed by atoms with Crippen LogP contribution in [0.15, 0.2) is 18.5 Å². The number of fused-ring (bicyclic) bond motifs is 1. The number of rotatable bonds is 4. The standard InChI is InChI=1S/C15H19N5O3/c1-16-15(22)10-8-18-20-12(5-6-17-14(10)20)11-4-3-7-19(11)13(21)9-23-2/h5-6,8,11H,3-4,7,9H2,1-2H3,(H,16,22). The van der Waals surface area contributed by atoms with Crippen molar-refractivity contribution in [1.82, 2.24) is 24.8 Å². The number of hydrogen-bond donors (Lipinski definition) is 1. The van der Waals surface area contributed by atoms with Gasteiger partial charge >= 0.3 is 0 Å². The summed E-state index contributed by atoms with van der Waals surface area (Å²) in [6.07, 6.45) is 4.92. The fourth-order valence-electron chi connectivity index (χ4n) is 3.04.